The van der Waals surface area contributed by atoms with Gasteiger partial charge >= 0.3 is 16.3 Å². The summed E-state index contributed by atoms with van der Waals surface area (Å²) in [7, 11) is -2.02. The number of cyclic esters (lactones) is 1. The summed E-state index contributed by atoms with van der Waals surface area (Å²) in [5.41, 5.74) is 1.29. The van der Waals surface area contributed by atoms with Crippen LogP contribution >= 0.6 is 11.8 Å². The molecule has 2 heterocycles. The van der Waals surface area contributed by atoms with Gasteiger partial charge in [-0.15, -0.1) is 11.8 Å². The largest absolute Gasteiger partial charge is 0.457 e. The summed E-state index contributed by atoms with van der Waals surface area (Å²) in [6.07, 6.45) is 1.45. The zero-order valence-electron chi connectivity index (χ0n) is 25.8. The Morgan fingerprint density at radius 3 is 2.29 bits per heavy atom. The second-order valence-electron chi connectivity index (χ2n) is 12.9. The monoisotopic (exact) mass is 616 g/mol. The Morgan fingerprint density at radius 2 is 1.71 bits per heavy atom. The van der Waals surface area contributed by atoms with Gasteiger partial charge in [-0.1, -0.05) is 65.0 Å². The van der Waals surface area contributed by atoms with Crippen LogP contribution in [0, 0.1) is 12.8 Å². The standard InChI is InChI=1S/C32H44N2O6S2/c1-22(2)32(14-13-24-11-9-8-10-12-24)21-26(35)29(30(36)39-32)41-28-19-23(3)27(20-25(28)31(4,5)6)40-42(37,38)34-17-15-33(7)16-18-34/h8-12,19-20,22,29H,13-18,21H2,1-7H3. The average Bonchev–Trinajstić information content (AvgIpc) is 2.91. The minimum Gasteiger partial charge on any atom is -0.457 e. The lowest BCUT2D eigenvalue weighted by molar-refractivity contribution is -0.176. The number of piperazine rings is 1. The number of Topliss-reactive ketones (excluding diaryl/α,β-unsaturated/α-hetero) is 1. The van der Waals surface area contributed by atoms with Gasteiger partial charge in [0, 0.05) is 37.5 Å². The van der Waals surface area contributed by atoms with Gasteiger partial charge in [0.1, 0.15) is 11.4 Å². The van der Waals surface area contributed by atoms with Crippen LogP contribution in [0.4, 0.5) is 0 Å². The van der Waals surface area contributed by atoms with Crippen LogP contribution in [0.2, 0.25) is 0 Å². The van der Waals surface area contributed by atoms with Gasteiger partial charge in [0.05, 0.1) is 0 Å². The number of likely N-dealkylation sites (N-methyl/N-ethyl adjacent to an activating group) is 1. The van der Waals surface area contributed by atoms with Crippen molar-refractivity contribution in [1.29, 1.82) is 0 Å². The Labute approximate surface area is 255 Å². The Hall–Kier alpha value is -2.40. The Balaban J connectivity index is 1.56. The van der Waals surface area contributed by atoms with Gasteiger partial charge < -0.3 is 13.8 Å². The van der Waals surface area contributed by atoms with Crippen LogP contribution in [0.3, 0.4) is 0 Å². The SMILES string of the molecule is Cc1cc(SC2C(=O)CC(CCc3ccccc3)(C(C)C)OC2=O)c(C(C)(C)C)cc1OS(=O)(=O)N1CCN(C)CC1. The minimum atomic E-state index is -3.98. The number of ketones is 1. The van der Waals surface area contributed by atoms with E-state index in [2.05, 4.69) is 4.90 Å². The van der Waals surface area contributed by atoms with E-state index in [4.69, 9.17) is 8.92 Å². The topological polar surface area (TPSA) is 93.2 Å². The molecular weight excluding hydrogens is 572 g/mol. The summed E-state index contributed by atoms with van der Waals surface area (Å²) in [5, 5.41) is -0.991. The third-order valence-electron chi connectivity index (χ3n) is 8.32. The van der Waals surface area contributed by atoms with Crippen molar-refractivity contribution >= 4 is 33.8 Å². The molecule has 4 rings (SSSR count). The molecule has 2 aromatic rings. The Bertz CT molecular complexity index is 1380. The first-order chi connectivity index (χ1) is 19.6. The fourth-order valence-electron chi connectivity index (χ4n) is 5.41. The molecule has 0 aromatic heterocycles. The number of hydrogen-bond donors (Lipinski definition) is 0. The fraction of sp³-hybridized carbons (Fsp3) is 0.562. The molecule has 2 atom stereocenters. The molecule has 0 bridgehead atoms. The molecule has 230 valence electrons. The van der Waals surface area contributed by atoms with E-state index in [0.717, 1.165) is 16.0 Å². The van der Waals surface area contributed by atoms with E-state index in [9.17, 15) is 18.0 Å². The van der Waals surface area contributed by atoms with Gasteiger partial charge in [0.25, 0.3) is 0 Å². The van der Waals surface area contributed by atoms with Gasteiger partial charge in [-0.3, -0.25) is 9.59 Å². The van der Waals surface area contributed by atoms with E-state index < -0.39 is 32.5 Å². The van der Waals surface area contributed by atoms with E-state index in [1.54, 1.807) is 13.0 Å². The van der Waals surface area contributed by atoms with Crippen molar-refractivity contribution in [3.8, 4) is 5.75 Å². The number of hydrogen-bond acceptors (Lipinski definition) is 8. The predicted molar refractivity (Wildman–Crippen MR) is 166 cm³/mol. The summed E-state index contributed by atoms with van der Waals surface area (Å²) in [6.45, 7) is 13.8. The fourth-order valence-corrected chi connectivity index (χ4v) is 7.89. The number of ether oxygens (including phenoxy) is 1. The number of thioether (sulfide) groups is 1. The van der Waals surface area contributed by atoms with Crippen LogP contribution < -0.4 is 4.18 Å². The molecular formula is C32H44N2O6S2. The van der Waals surface area contributed by atoms with E-state index >= 15 is 0 Å². The second kappa shape index (κ2) is 12.7. The summed E-state index contributed by atoms with van der Waals surface area (Å²) in [4.78, 5) is 29.9. The molecule has 10 heteroatoms. The maximum atomic E-state index is 13.6. The Morgan fingerprint density at radius 1 is 1.07 bits per heavy atom. The van der Waals surface area contributed by atoms with Crippen molar-refractivity contribution in [2.75, 3.05) is 33.2 Å². The highest BCUT2D eigenvalue weighted by atomic mass is 32.2. The van der Waals surface area contributed by atoms with Crippen LogP contribution in [-0.2, 0) is 36.5 Å². The highest BCUT2D eigenvalue weighted by Gasteiger charge is 2.49. The molecule has 2 fully saturated rings. The van der Waals surface area contributed by atoms with Crippen LogP contribution in [0.15, 0.2) is 47.4 Å². The lowest BCUT2D eigenvalue weighted by Crippen LogP contribution is -2.52. The van der Waals surface area contributed by atoms with Crippen LogP contribution in [-0.4, -0.2) is 73.5 Å². The van der Waals surface area contributed by atoms with Gasteiger partial charge in [0.2, 0.25) is 0 Å². The Kier molecular flexibility index (Phi) is 9.82. The first-order valence-electron chi connectivity index (χ1n) is 14.6. The molecule has 0 N–H and O–H groups in total. The molecule has 8 nitrogen and oxygen atoms in total. The molecule has 2 aromatic carbocycles. The molecule has 2 saturated heterocycles. The van der Waals surface area contributed by atoms with Crippen molar-refractivity contribution in [3.63, 3.8) is 0 Å². The van der Waals surface area contributed by atoms with Crippen molar-refractivity contribution < 1.29 is 26.9 Å². The van der Waals surface area contributed by atoms with Crippen LogP contribution in [0.25, 0.3) is 0 Å². The summed E-state index contributed by atoms with van der Waals surface area (Å²) in [5.74, 6) is -0.436. The normalized spacial score (nSPS) is 22.8. The number of carbonyl (C=O) groups is 2. The molecule has 0 spiro atoms. The van der Waals surface area contributed by atoms with Gasteiger partial charge in [-0.25, -0.2) is 0 Å². The highest BCUT2D eigenvalue weighted by molar-refractivity contribution is 8.01. The molecule has 0 saturated carbocycles. The quantitative estimate of drug-likeness (QED) is 0.282. The summed E-state index contributed by atoms with van der Waals surface area (Å²) >= 11 is 1.19. The van der Waals surface area contributed by atoms with E-state index in [1.165, 1.54) is 16.1 Å². The number of rotatable bonds is 9. The van der Waals surface area contributed by atoms with Crippen molar-refractivity contribution in [2.45, 2.75) is 82.0 Å². The maximum Gasteiger partial charge on any atom is 0.385 e. The maximum absolute atomic E-state index is 13.6. The van der Waals surface area contributed by atoms with Gasteiger partial charge in [0.15, 0.2) is 11.0 Å². The first kappa shape index (κ1) is 32.5. The molecule has 0 amide bonds. The third-order valence-corrected chi connectivity index (χ3v) is 11.0. The number of esters is 1. The number of aryl methyl sites for hydroxylation is 2. The zero-order chi connectivity index (χ0) is 30.9. The number of nitrogens with zero attached hydrogens (tertiary/aromatic N) is 2. The van der Waals surface area contributed by atoms with Crippen LogP contribution in [0.5, 0.6) is 5.75 Å². The van der Waals surface area contributed by atoms with Crippen molar-refractivity contribution in [2.24, 2.45) is 5.92 Å². The molecule has 2 aliphatic heterocycles. The number of benzene rings is 2. The van der Waals surface area contributed by atoms with Gasteiger partial charge in [-0.2, -0.15) is 12.7 Å². The highest BCUT2D eigenvalue weighted by Crippen LogP contribution is 2.44. The van der Waals surface area contributed by atoms with Crippen molar-refractivity contribution in [3.05, 3.63) is 59.2 Å². The molecule has 2 aliphatic rings. The third kappa shape index (κ3) is 7.38. The lowest BCUT2D eigenvalue weighted by atomic mass is 9.78. The molecule has 0 aliphatic carbocycles. The molecule has 2 unspecified atom stereocenters. The molecule has 0 radical (unpaired) electrons. The van der Waals surface area contributed by atoms with Gasteiger partial charge in [-0.05, 0) is 67.0 Å². The van der Waals surface area contributed by atoms with E-state index in [0.29, 0.717) is 44.6 Å². The van der Waals surface area contributed by atoms with Crippen LogP contribution in [0.1, 0.15) is 64.2 Å². The number of carbonyl (C=O) groups excluding carboxylic acids is 2. The first-order valence-corrected chi connectivity index (χ1v) is 16.9. The minimum absolute atomic E-state index is 0.0221. The lowest BCUT2D eigenvalue weighted by Gasteiger charge is -2.41. The van der Waals surface area contributed by atoms with Crippen molar-refractivity contribution in [1.82, 2.24) is 9.21 Å². The van der Waals surface area contributed by atoms with E-state index in [-0.39, 0.29) is 23.9 Å². The summed E-state index contributed by atoms with van der Waals surface area (Å²) < 4.78 is 39.4. The predicted octanol–water partition coefficient (Wildman–Crippen LogP) is 5.17. The zero-order valence-corrected chi connectivity index (χ0v) is 27.4. The average molecular weight is 617 g/mol. The molecule has 42 heavy (non-hydrogen) atoms. The van der Waals surface area contributed by atoms with E-state index in [1.807, 2.05) is 78.1 Å². The smallest absolute Gasteiger partial charge is 0.385 e. The summed E-state index contributed by atoms with van der Waals surface area (Å²) in [6, 6.07) is 13.6. The second-order valence-corrected chi connectivity index (χ2v) is 15.6.